The molecular weight excluding hydrogens is 717 g/mol. The molecular formula is C56H36N2O. The molecule has 0 N–H and O–H groups in total. The van der Waals surface area contributed by atoms with E-state index in [0.29, 0.717) is 5.82 Å². The van der Waals surface area contributed by atoms with Crippen molar-refractivity contribution in [3.63, 3.8) is 0 Å². The van der Waals surface area contributed by atoms with Gasteiger partial charge in [-0.3, -0.25) is 0 Å². The van der Waals surface area contributed by atoms with Gasteiger partial charge in [-0.25, -0.2) is 9.97 Å². The highest BCUT2D eigenvalue weighted by Crippen LogP contribution is 2.43. The molecule has 0 unspecified atom stereocenters. The number of fused-ring (bicyclic) bond motifs is 5. The van der Waals surface area contributed by atoms with Crippen LogP contribution in [0.2, 0.25) is 0 Å². The highest BCUT2D eigenvalue weighted by Gasteiger charge is 2.18. The van der Waals surface area contributed by atoms with Crippen molar-refractivity contribution in [2.24, 2.45) is 0 Å². The Morgan fingerprint density at radius 2 is 0.746 bits per heavy atom. The van der Waals surface area contributed by atoms with Crippen LogP contribution >= 0.6 is 0 Å². The van der Waals surface area contributed by atoms with Gasteiger partial charge in [-0.05, 0) is 74.2 Å². The third-order valence-electron chi connectivity index (χ3n) is 11.3. The van der Waals surface area contributed by atoms with Gasteiger partial charge in [0.25, 0.3) is 0 Å². The van der Waals surface area contributed by atoms with Crippen molar-refractivity contribution in [2.75, 3.05) is 0 Å². The van der Waals surface area contributed by atoms with Gasteiger partial charge >= 0.3 is 0 Å². The van der Waals surface area contributed by atoms with Crippen LogP contribution in [0.15, 0.2) is 223 Å². The topological polar surface area (TPSA) is 38.9 Å². The van der Waals surface area contributed by atoms with Gasteiger partial charge in [0, 0.05) is 32.8 Å². The van der Waals surface area contributed by atoms with Crippen LogP contribution in [0.5, 0.6) is 0 Å². The third-order valence-corrected chi connectivity index (χ3v) is 11.3. The molecule has 59 heavy (non-hydrogen) atoms. The quantitative estimate of drug-likeness (QED) is 0.163. The average Bonchev–Trinajstić information content (AvgIpc) is 3.70. The van der Waals surface area contributed by atoms with E-state index in [2.05, 4.69) is 182 Å². The first-order valence-corrected chi connectivity index (χ1v) is 20.0. The predicted molar refractivity (Wildman–Crippen MR) is 245 cm³/mol. The summed E-state index contributed by atoms with van der Waals surface area (Å²) < 4.78 is 6.63. The maximum atomic E-state index is 6.63. The molecule has 0 atom stereocenters. The highest BCUT2D eigenvalue weighted by molar-refractivity contribution is 6.20. The second-order valence-electron chi connectivity index (χ2n) is 14.9. The van der Waals surface area contributed by atoms with E-state index < -0.39 is 0 Å². The Balaban J connectivity index is 0.934. The maximum absolute atomic E-state index is 6.63. The monoisotopic (exact) mass is 752 g/mol. The molecule has 11 aromatic rings. The molecule has 3 heteroatoms. The zero-order valence-electron chi connectivity index (χ0n) is 32.1. The molecule has 0 aliphatic carbocycles. The van der Waals surface area contributed by atoms with Gasteiger partial charge in [0.05, 0.1) is 11.4 Å². The summed E-state index contributed by atoms with van der Waals surface area (Å²) in [5.74, 6) is 0.713. The van der Waals surface area contributed by atoms with E-state index >= 15 is 0 Å². The summed E-state index contributed by atoms with van der Waals surface area (Å²) in [6.45, 7) is 0. The summed E-state index contributed by atoms with van der Waals surface area (Å²) in [4.78, 5) is 9.97. The van der Waals surface area contributed by atoms with E-state index in [1.54, 1.807) is 0 Å². The summed E-state index contributed by atoms with van der Waals surface area (Å²) in [6.07, 6.45) is 0. The molecule has 0 amide bonds. The van der Waals surface area contributed by atoms with Crippen LogP contribution < -0.4 is 0 Å². The summed E-state index contributed by atoms with van der Waals surface area (Å²) in [6, 6.07) is 76.9. The molecule has 3 nitrogen and oxygen atoms in total. The van der Waals surface area contributed by atoms with E-state index in [9.17, 15) is 0 Å². The summed E-state index contributed by atoms with van der Waals surface area (Å²) in [5, 5.41) is 4.52. The molecule has 0 fully saturated rings. The van der Waals surface area contributed by atoms with Crippen LogP contribution in [-0.4, -0.2) is 9.97 Å². The molecule has 11 rings (SSSR count). The fourth-order valence-electron chi connectivity index (χ4n) is 8.34. The Labute approximate surface area is 342 Å². The van der Waals surface area contributed by atoms with Crippen LogP contribution in [0.1, 0.15) is 0 Å². The van der Waals surface area contributed by atoms with Crippen molar-refractivity contribution in [3.05, 3.63) is 218 Å². The number of hydrogen-bond donors (Lipinski definition) is 0. The van der Waals surface area contributed by atoms with Crippen molar-refractivity contribution in [1.29, 1.82) is 0 Å². The summed E-state index contributed by atoms with van der Waals surface area (Å²) in [7, 11) is 0. The Bertz CT molecular complexity index is 3220. The van der Waals surface area contributed by atoms with Gasteiger partial charge in [-0.2, -0.15) is 0 Å². The molecule has 9 aromatic carbocycles. The number of hydrogen-bond acceptors (Lipinski definition) is 3. The predicted octanol–water partition coefficient (Wildman–Crippen LogP) is 15.2. The molecule has 0 saturated heterocycles. The minimum absolute atomic E-state index is 0.713. The van der Waals surface area contributed by atoms with Gasteiger partial charge in [-0.15, -0.1) is 0 Å². The van der Waals surface area contributed by atoms with Crippen LogP contribution in [0.3, 0.4) is 0 Å². The van der Waals surface area contributed by atoms with Gasteiger partial charge < -0.3 is 4.42 Å². The van der Waals surface area contributed by atoms with E-state index in [0.717, 1.165) is 77.7 Å². The smallest absolute Gasteiger partial charge is 0.160 e. The minimum atomic E-state index is 0.713. The maximum Gasteiger partial charge on any atom is 0.160 e. The zero-order valence-corrected chi connectivity index (χ0v) is 32.1. The molecule has 2 heterocycles. The standard InChI is InChI=1S/C56H36N2O/c1-4-14-40(15-5-1)45-20-10-11-21-46(45)49-35-51-50-34-44(32-33-54(50)59-55(51)48-23-13-12-22-47(48)49)39-26-24-37(25-27-39)38-28-30-42(31-29-38)53-36-52(41-16-6-2-7-17-41)57-56(58-53)43-18-8-3-9-19-43/h1-36H. The van der Waals surface area contributed by atoms with Crippen molar-refractivity contribution >= 4 is 32.7 Å². The molecule has 0 saturated carbocycles. The Morgan fingerprint density at radius 3 is 1.39 bits per heavy atom. The van der Waals surface area contributed by atoms with Crippen LogP contribution in [0.25, 0.3) is 111 Å². The Hall–Kier alpha value is -7.88. The molecule has 2 aromatic heterocycles. The van der Waals surface area contributed by atoms with Crippen LogP contribution in [0, 0.1) is 0 Å². The first-order chi connectivity index (χ1) is 29.2. The molecule has 276 valence electrons. The SMILES string of the molecule is c1ccc(-c2cc(-c3ccc(-c4ccc(-c5ccc6oc7c8ccccc8c(-c8ccccc8-c8ccccc8)cc7c6c5)cc4)cc3)nc(-c3ccccc3)n2)cc1. The van der Waals surface area contributed by atoms with Crippen molar-refractivity contribution in [3.8, 4) is 78.4 Å². The highest BCUT2D eigenvalue weighted by atomic mass is 16.3. The first-order valence-electron chi connectivity index (χ1n) is 20.0. The lowest BCUT2D eigenvalue weighted by atomic mass is 9.90. The Morgan fingerprint density at radius 1 is 0.271 bits per heavy atom. The molecule has 0 radical (unpaired) electrons. The Kier molecular flexibility index (Phi) is 8.49. The van der Waals surface area contributed by atoms with Gasteiger partial charge in [-0.1, -0.05) is 194 Å². The van der Waals surface area contributed by atoms with E-state index in [4.69, 9.17) is 14.4 Å². The average molecular weight is 753 g/mol. The van der Waals surface area contributed by atoms with Gasteiger partial charge in [0.1, 0.15) is 11.2 Å². The van der Waals surface area contributed by atoms with Crippen molar-refractivity contribution < 1.29 is 4.42 Å². The lowest BCUT2D eigenvalue weighted by Crippen LogP contribution is -1.95. The van der Waals surface area contributed by atoms with Gasteiger partial charge in [0.15, 0.2) is 5.82 Å². The summed E-state index contributed by atoms with van der Waals surface area (Å²) in [5.41, 5.74) is 16.1. The lowest BCUT2D eigenvalue weighted by molar-refractivity contribution is 0.673. The normalized spacial score (nSPS) is 11.4. The van der Waals surface area contributed by atoms with Crippen molar-refractivity contribution in [1.82, 2.24) is 9.97 Å². The van der Waals surface area contributed by atoms with E-state index in [-0.39, 0.29) is 0 Å². The fraction of sp³-hybridized carbons (Fsp3) is 0. The molecule has 0 bridgehead atoms. The second-order valence-corrected chi connectivity index (χ2v) is 14.9. The van der Waals surface area contributed by atoms with E-state index in [1.807, 2.05) is 36.4 Å². The molecule has 0 spiro atoms. The number of furan rings is 1. The number of nitrogens with zero attached hydrogens (tertiary/aromatic N) is 2. The first kappa shape index (κ1) is 34.4. The summed E-state index contributed by atoms with van der Waals surface area (Å²) >= 11 is 0. The van der Waals surface area contributed by atoms with Crippen LogP contribution in [-0.2, 0) is 0 Å². The third kappa shape index (κ3) is 6.36. The second kappa shape index (κ2) is 14.6. The van der Waals surface area contributed by atoms with Crippen LogP contribution in [0.4, 0.5) is 0 Å². The number of rotatable bonds is 7. The minimum Gasteiger partial charge on any atom is -0.455 e. The largest absolute Gasteiger partial charge is 0.455 e. The number of benzene rings is 9. The van der Waals surface area contributed by atoms with E-state index in [1.165, 1.54) is 27.6 Å². The lowest BCUT2D eigenvalue weighted by Gasteiger charge is -2.13. The van der Waals surface area contributed by atoms with Gasteiger partial charge in [0.2, 0.25) is 0 Å². The zero-order chi connectivity index (χ0) is 39.1. The number of aromatic nitrogens is 2. The molecule has 0 aliphatic rings. The fourth-order valence-corrected chi connectivity index (χ4v) is 8.34. The van der Waals surface area contributed by atoms with Crippen molar-refractivity contribution in [2.45, 2.75) is 0 Å². The molecule has 0 aliphatic heterocycles.